The number of ether oxygens (including phenoxy) is 7. The van der Waals surface area contributed by atoms with Crippen LogP contribution in [-0.4, -0.2) is 70.7 Å². The Labute approximate surface area is 214 Å². The minimum absolute atomic E-state index is 0.0501. The summed E-state index contributed by atoms with van der Waals surface area (Å²) in [5.74, 6) is 0.780. The molecule has 4 heterocycles. The second kappa shape index (κ2) is 8.27. The van der Waals surface area contributed by atoms with Gasteiger partial charge in [-0.05, 0) is 25.1 Å². The molecule has 0 spiro atoms. The summed E-state index contributed by atoms with van der Waals surface area (Å²) >= 11 is 0. The van der Waals surface area contributed by atoms with E-state index in [1.54, 1.807) is 18.2 Å². The van der Waals surface area contributed by atoms with Gasteiger partial charge < -0.3 is 53.6 Å². The zero-order valence-electron chi connectivity index (χ0n) is 19.9. The number of phenols is 1. The average Bonchev–Trinajstić information content (AvgIpc) is 3.66. The Bertz CT molecular complexity index is 1500. The molecule has 0 bridgehead atoms. The number of rotatable bonds is 3. The minimum Gasteiger partial charge on any atom is -0.507 e. The van der Waals surface area contributed by atoms with E-state index in [2.05, 4.69) is 0 Å². The smallest absolute Gasteiger partial charge is 0.339 e. The predicted octanol–water partition coefficient (Wildman–Crippen LogP) is 1.55. The standard InChI is InChI=1S/C26H22O12/c1-9-20(27)22(29)23(30)26(37-9)38-14-5-16-15(34-7-35-16)4-11(14)17-18-10(2-3-13-24(18)36-8-33-13)21(28)12-6-32-25(31)19(12)17/h2-5,9,20,22-23,26-30H,6-8H2,1H3/t9-,20-,22+,23-,26+/m1/s1. The lowest BCUT2D eigenvalue weighted by molar-refractivity contribution is -0.268. The number of hydrogen-bond donors (Lipinski definition) is 4. The van der Waals surface area contributed by atoms with Gasteiger partial charge in [0.2, 0.25) is 19.9 Å². The normalized spacial score (nSPS) is 26.9. The molecule has 0 aromatic heterocycles. The van der Waals surface area contributed by atoms with E-state index in [-0.39, 0.29) is 37.3 Å². The van der Waals surface area contributed by atoms with Crippen LogP contribution in [0, 0.1) is 0 Å². The van der Waals surface area contributed by atoms with Crippen LogP contribution in [0.1, 0.15) is 22.8 Å². The summed E-state index contributed by atoms with van der Waals surface area (Å²) in [6.45, 7) is 1.30. The SMILES string of the molecule is C[C@H]1O[C@@H](Oc2cc3c(cc2-c2c4c(c(O)c5ccc6c(c25)OCO6)COC4=O)OCO3)[C@H](O)[C@@H](O)[C@@H]1O. The monoisotopic (exact) mass is 526 g/mol. The number of benzene rings is 3. The predicted molar refractivity (Wildman–Crippen MR) is 125 cm³/mol. The first-order valence-corrected chi connectivity index (χ1v) is 11.9. The molecule has 1 fully saturated rings. The fourth-order valence-electron chi connectivity index (χ4n) is 5.27. The first kappa shape index (κ1) is 23.2. The van der Waals surface area contributed by atoms with E-state index in [0.29, 0.717) is 50.5 Å². The molecule has 0 radical (unpaired) electrons. The molecule has 0 saturated carbocycles. The number of aliphatic hydroxyl groups is 3. The van der Waals surface area contributed by atoms with Gasteiger partial charge in [-0.2, -0.15) is 0 Å². The topological polar surface area (TPSA) is 163 Å². The maximum absolute atomic E-state index is 13.0. The molecule has 0 amide bonds. The maximum Gasteiger partial charge on any atom is 0.339 e. The van der Waals surface area contributed by atoms with E-state index in [0.717, 1.165) is 0 Å². The van der Waals surface area contributed by atoms with Gasteiger partial charge in [-0.1, -0.05) is 0 Å². The quantitative estimate of drug-likeness (QED) is 0.365. The summed E-state index contributed by atoms with van der Waals surface area (Å²) in [7, 11) is 0. The van der Waals surface area contributed by atoms with Crippen molar-refractivity contribution in [3.63, 3.8) is 0 Å². The molecule has 0 unspecified atom stereocenters. The number of fused-ring (bicyclic) bond motifs is 5. The van der Waals surface area contributed by atoms with Gasteiger partial charge in [0, 0.05) is 33.5 Å². The molecule has 12 nitrogen and oxygen atoms in total. The first-order chi connectivity index (χ1) is 18.3. The van der Waals surface area contributed by atoms with Crippen molar-refractivity contribution in [1.29, 1.82) is 0 Å². The number of aromatic hydroxyl groups is 1. The van der Waals surface area contributed by atoms with E-state index < -0.39 is 36.7 Å². The Morgan fingerprint density at radius 2 is 1.61 bits per heavy atom. The van der Waals surface area contributed by atoms with Gasteiger partial charge in [0.15, 0.2) is 23.0 Å². The molecule has 3 aromatic rings. The highest BCUT2D eigenvalue weighted by Gasteiger charge is 2.44. The number of phenolic OH excluding ortho intramolecular Hbond substituents is 1. The summed E-state index contributed by atoms with van der Waals surface area (Å²) in [6.07, 6.45) is -6.66. The Balaban J connectivity index is 1.49. The number of carbonyl (C=O) groups is 1. The van der Waals surface area contributed by atoms with Crippen molar-refractivity contribution in [1.82, 2.24) is 0 Å². The molecule has 4 aliphatic rings. The van der Waals surface area contributed by atoms with Crippen LogP contribution in [0.4, 0.5) is 0 Å². The molecular weight excluding hydrogens is 504 g/mol. The molecule has 12 heteroatoms. The van der Waals surface area contributed by atoms with E-state index in [9.17, 15) is 25.2 Å². The number of aliphatic hydroxyl groups excluding tert-OH is 3. The van der Waals surface area contributed by atoms with Crippen molar-refractivity contribution in [3.8, 4) is 45.6 Å². The minimum atomic E-state index is -1.59. The highest BCUT2D eigenvalue weighted by Crippen LogP contribution is 2.54. The summed E-state index contributed by atoms with van der Waals surface area (Å²) in [5.41, 5.74) is 1.05. The van der Waals surface area contributed by atoms with E-state index in [4.69, 9.17) is 33.2 Å². The van der Waals surface area contributed by atoms with Crippen LogP contribution in [0.2, 0.25) is 0 Å². The fourth-order valence-corrected chi connectivity index (χ4v) is 5.27. The Kier molecular flexibility index (Phi) is 5.04. The molecule has 0 aliphatic carbocycles. The summed E-state index contributed by atoms with van der Waals surface area (Å²) in [5, 5.41) is 42.9. The van der Waals surface area contributed by atoms with Crippen molar-refractivity contribution in [2.24, 2.45) is 0 Å². The van der Waals surface area contributed by atoms with Crippen LogP contribution < -0.4 is 23.7 Å². The molecule has 3 aromatic carbocycles. The largest absolute Gasteiger partial charge is 0.507 e. The molecule has 4 aliphatic heterocycles. The van der Waals surface area contributed by atoms with Gasteiger partial charge in [-0.15, -0.1) is 0 Å². The maximum atomic E-state index is 13.0. The Hall–Kier alpha value is -3.97. The van der Waals surface area contributed by atoms with Gasteiger partial charge in [-0.25, -0.2) is 4.79 Å². The van der Waals surface area contributed by atoms with Crippen molar-refractivity contribution >= 4 is 16.7 Å². The number of hydrogen-bond acceptors (Lipinski definition) is 12. The fraction of sp³-hybridized carbons (Fsp3) is 0.346. The van der Waals surface area contributed by atoms with Crippen LogP contribution in [0.5, 0.6) is 34.5 Å². The molecule has 198 valence electrons. The molecule has 4 N–H and O–H groups in total. The molecule has 5 atom stereocenters. The van der Waals surface area contributed by atoms with Crippen LogP contribution in [0.15, 0.2) is 24.3 Å². The van der Waals surface area contributed by atoms with Crippen molar-refractivity contribution in [3.05, 3.63) is 35.4 Å². The lowest BCUT2D eigenvalue weighted by Gasteiger charge is -2.39. The third-order valence-corrected chi connectivity index (χ3v) is 7.23. The lowest BCUT2D eigenvalue weighted by atomic mass is 9.88. The second-order valence-electron chi connectivity index (χ2n) is 9.38. The van der Waals surface area contributed by atoms with Gasteiger partial charge in [0.25, 0.3) is 0 Å². The highest BCUT2D eigenvalue weighted by molar-refractivity contribution is 6.16. The van der Waals surface area contributed by atoms with E-state index in [1.165, 1.54) is 13.0 Å². The highest BCUT2D eigenvalue weighted by atomic mass is 16.7. The average molecular weight is 526 g/mol. The molecular formula is C26H22O12. The van der Waals surface area contributed by atoms with Crippen molar-refractivity contribution < 1.29 is 58.4 Å². The Morgan fingerprint density at radius 1 is 0.868 bits per heavy atom. The zero-order chi connectivity index (χ0) is 26.3. The van der Waals surface area contributed by atoms with Crippen LogP contribution >= 0.6 is 0 Å². The number of carbonyl (C=O) groups excluding carboxylic acids is 1. The Morgan fingerprint density at radius 3 is 2.42 bits per heavy atom. The van der Waals surface area contributed by atoms with Crippen LogP contribution in [0.3, 0.4) is 0 Å². The molecule has 1 saturated heterocycles. The molecule has 7 rings (SSSR count). The van der Waals surface area contributed by atoms with E-state index >= 15 is 0 Å². The second-order valence-corrected chi connectivity index (χ2v) is 9.38. The van der Waals surface area contributed by atoms with Crippen molar-refractivity contribution in [2.45, 2.75) is 44.2 Å². The van der Waals surface area contributed by atoms with Gasteiger partial charge in [-0.3, -0.25) is 0 Å². The van der Waals surface area contributed by atoms with Gasteiger partial charge in [0.05, 0.1) is 11.7 Å². The third-order valence-electron chi connectivity index (χ3n) is 7.23. The summed E-state index contributed by atoms with van der Waals surface area (Å²) in [4.78, 5) is 13.0. The number of esters is 1. The van der Waals surface area contributed by atoms with Crippen LogP contribution in [-0.2, 0) is 16.1 Å². The van der Waals surface area contributed by atoms with Crippen LogP contribution in [0.25, 0.3) is 21.9 Å². The first-order valence-electron chi connectivity index (χ1n) is 11.9. The summed E-state index contributed by atoms with van der Waals surface area (Å²) < 4.78 is 39.5. The summed E-state index contributed by atoms with van der Waals surface area (Å²) in [6, 6.07) is 6.44. The van der Waals surface area contributed by atoms with Gasteiger partial charge in [0.1, 0.15) is 36.4 Å². The third kappa shape index (κ3) is 3.21. The van der Waals surface area contributed by atoms with E-state index in [1.807, 2.05) is 0 Å². The number of cyclic esters (lactones) is 1. The molecule has 38 heavy (non-hydrogen) atoms. The van der Waals surface area contributed by atoms with Gasteiger partial charge >= 0.3 is 5.97 Å². The zero-order valence-corrected chi connectivity index (χ0v) is 19.9. The lowest BCUT2D eigenvalue weighted by Crippen LogP contribution is -2.58. The van der Waals surface area contributed by atoms with Crippen molar-refractivity contribution in [2.75, 3.05) is 13.6 Å².